The van der Waals surface area contributed by atoms with Gasteiger partial charge in [-0.3, -0.25) is 0 Å². The molecule has 1 nitrogen and oxygen atoms in total. The molecule has 0 aromatic heterocycles. The fourth-order valence-corrected chi connectivity index (χ4v) is 4.90. The molecule has 1 aliphatic carbocycles. The Labute approximate surface area is 192 Å². The van der Waals surface area contributed by atoms with Crippen LogP contribution in [-0.4, -0.2) is 6.10 Å². The minimum atomic E-state index is 0.255. The van der Waals surface area contributed by atoms with E-state index in [1.165, 1.54) is 80.9 Å². The number of hydrogen-bond acceptors (Lipinski definition) is 1. The maximum absolute atomic E-state index is 6.18. The summed E-state index contributed by atoms with van der Waals surface area (Å²) in [5.41, 5.74) is 3.97. The van der Waals surface area contributed by atoms with Crippen molar-refractivity contribution in [3.63, 3.8) is 0 Å². The monoisotopic (exact) mass is 469 g/mol. The molecule has 0 unspecified atom stereocenters. The van der Waals surface area contributed by atoms with E-state index in [1.807, 2.05) is 0 Å². The lowest BCUT2D eigenvalue weighted by Gasteiger charge is -2.21. The van der Waals surface area contributed by atoms with Gasteiger partial charge in [-0.05, 0) is 103 Å². The minimum absolute atomic E-state index is 0.255. The zero-order valence-corrected chi connectivity index (χ0v) is 20.4. The van der Waals surface area contributed by atoms with E-state index in [9.17, 15) is 0 Å². The first-order valence-corrected chi connectivity index (χ1v) is 12.8. The Bertz CT molecular complexity index is 746. The van der Waals surface area contributed by atoms with Gasteiger partial charge in [0.15, 0.2) is 0 Å². The summed E-state index contributed by atoms with van der Waals surface area (Å²) in [6.45, 7) is 4.43. The van der Waals surface area contributed by atoms with Crippen molar-refractivity contribution in [2.24, 2.45) is 5.92 Å². The van der Waals surface area contributed by atoms with Crippen LogP contribution in [-0.2, 0) is 6.42 Å². The van der Waals surface area contributed by atoms with Crippen LogP contribution in [0.25, 0.3) is 11.1 Å². The van der Waals surface area contributed by atoms with Crippen LogP contribution < -0.4 is 4.74 Å². The van der Waals surface area contributed by atoms with Gasteiger partial charge in [0.2, 0.25) is 0 Å². The predicted octanol–water partition coefficient (Wildman–Crippen LogP) is 9.18. The standard InChI is InChI=1S/C28H38BrO/c1-3-4-5-7-10-22(2)30-28-20-19-26(21-27(28)29)25-17-15-24(16-18-25)14-13-23-11-8-6-9-12-23/h6,15-23H,3-5,7-14H2,1-2H3/t22-/m0/s1. The van der Waals surface area contributed by atoms with E-state index >= 15 is 0 Å². The smallest absolute Gasteiger partial charge is 0.133 e. The molecular weight excluding hydrogens is 432 g/mol. The summed E-state index contributed by atoms with van der Waals surface area (Å²) >= 11 is 3.72. The second-order valence-electron chi connectivity index (χ2n) is 8.97. The van der Waals surface area contributed by atoms with Crippen LogP contribution in [0.2, 0.25) is 0 Å². The largest absolute Gasteiger partial charge is 0.490 e. The van der Waals surface area contributed by atoms with E-state index in [2.05, 4.69) is 78.7 Å². The molecule has 163 valence electrons. The SMILES string of the molecule is CCCCCC[C@H](C)Oc1ccc(-c2ccc(CCC3CC[CH]CC3)cc2)cc1Br. The van der Waals surface area contributed by atoms with Gasteiger partial charge in [0, 0.05) is 0 Å². The lowest BCUT2D eigenvalue weighted by Crippen LogP contribution is -2.11. The number of ether oxygens (including phenoxy) is 1. The van der Waals surface area contributed by atoms with Crippen LogP contribution >= 0.6 is 15.9 Å². The zero-order chi connectivity index (χ0) is 21.2. The molecule has 30 heavy (non-hydrogen) atoms. The Morgan fingerprint density at radius 2 is 1.70 bits per heavy atom. The van der Waals surface area contributed by atoms with Crippen LogP contribution in [0.15, 0.2) is 46.9 Å². The Morgan fingerprint density at radius 3 is 2.40 bits per heavy atom. The van der Waals surface area contributed by atoms with E-state index < -0.39 is 0 Å². The lowest BCUT2D eigenvalue weighted by molar-refractivity contribution is 0.205. The average molecular weight is 471 g/mol. The molecule has 2 aromatic rings. The van der Waals surface area contributed by atoms with Crippen molar-refractivity contribution in [1.29, 1.82) is 0 Å². The van der Waals surface area contributed by atoms with Gasteiger partial charge in [-0.2, -0.15) is 0 Å². The van der Waals surface area contributed by atoms with Gasteiger partial charge in [0.25, 0.3) is 0 Å². The molecule has 2 aromatic carbocycles. The van der Waals surface area contributed by atoms with E-state index in [4.69, 9.17) is 4.74 Å². The van der Waals surface area contributed by atoms with Gasteiger partial charge in [-0.15, -0.1) is 0 Å². The van der Waals surface area contributed by atoms with Crippen LogP contribution in [0.4, 0.5) is 0 Å². The van der Waals surface area contributed by atoms with Crippen LogP contribution in [0.3, 0.4) is 0 Å². The highest BCUT2D eigenvalue weighted by Gasteiger charge is 2.13. The van der Waals surface area contributed by atoms with Crippen molar-refractivity contribution in [2.75, 3.05) is 0 Å². The number of rotatable bonds is 11. The number of unbranched alkanes of at least 4 members (excludes halogenated alkanes) is 3. The molecule has 0 N–H and O–H groups in total. The van der Waals surface area contributed by atoms with E-state index in [1.54, 1.807) is 0 Å². The number of hydrogen-bond donors (Lipinski definition) is 0. The van der Waals surface area contributed by atoms with Gasteiger partial charge in [0.05, 0.1) is 10.6 Å². The molecule has 1 radical (unpaired) electrons. The quantitative estimate of drug-likeness (QED) is 0.298. The van der Waals surface area contributed by atoms with Gasteiger partial charge in [0.1, 0.15) is 5.75 Å². The number of halogens is 1. The van der Waals surface area contributed by atoms with Gasteiger partial charge in [-0.25, -0.2) is 0 Å². The molecule has 1 fully saturated rings. The maximum atomic E-state index is 6.18. The first kappa shape index (κ1) is 23.4. The second-order valence-corrected chi connectivity index (χ2v) is 9.82. The van der Waals surface area contributed by atoms with E-state index in [-0.39, 0.29) is 6.10 Å². The number of benzene rings is 2. The first-order valence-electron chi connectivity index (χ1n) is 12.0. The van der Waals surface area contributed by atoms with Crippen molar-refractivity contribution in [3.8, 4) is 16.9 Å². The molecule has 0 heterocycles. The van der Waals surface area contributed by atoms with Gasteiger partial charge < -0.3 is 4.74 Å². The van der Waals surface area contributed by atoms with Crippen LogP contribution in [0.1, 0.15) is 83.6 Å². The van der Waals surface area contributed by atoms with Gasteiger partial charge >= 0.3 is 0 Å². The summed E-state index contributed by atoms with van der Waals surface area (Å²) in [6, 6.07) is 15.6. The third-order valence-corrected chi connectivity index (χ3v) is 7.03. The Hall–Kier alpha value is -1.28. The topological polar surface area (TPSA) is 9.23 Å². The zero-order valence-electron chi connectivity index (χ0n) is 18.8. The molecule has 2 heteroatoms. The molecule has 1 saturated carbocycles. The van der Waals surface area contributed by atoms with Crippen LogP contribution in [0.5, 0.6) is 5.75 Å². The molecule has 0 bridgehead atoms. The summed E-state index contributed by atoms with van der Waals surface area (Å²) in [5.74, 6) is 1.87. The molecule has 0 spiro atoms. The fraction of sp³-hybridized carbons (Fsp3) is 0.536. The van der Waals surface area contributed by atoms with Crippen molar-refractivity contribution in [2.45, 2.75) is 90.6 Å². The highest BCUT2D eigenvalue weighted by atomic mass is 79.9. The molecular formula is C28H38BrO. The normalized spacial score (nSPS) is 15.8. The van der Waals surface area contributed by atoms with E-state index in [0.717, 1.165) is 22.6 Å². The average Bonchev–Trinajstić information content (AvgIpc) is 2.78. The summed E-state index contributed by atoms with van der Waals surface area (Å²) in [4.78, 5) is 0. The van der Waals surface area contributed by atoms with Crippen molar-refractivity contribution < 1.29 is 4.74 Å². The molecule has 3 rings (SSSR count). The Morgan fingerprint density at radius 1 is 0.967 bits per heavy atom. The summed E-state index contributed by atoms with van der Waals surface area (Å²) in [5, 5.41) is 0. The van der Waals surface area contributed by atoms with Crippen molar-refractivity contribution in [3.05, 3.63) is 58.9 Å². The highest BCUT2D eigenvalue weighted by molar-refractivity contribution is 9.10. The third kappa shape index (κ3) is 7.45. The fourth-order valence-electron chi connectivity index (χ4n) is 4.43. The Kier molecular flexibility index (Phi) is 9.78. The van der Waals surface area contributed by atoms with Crippen LogP contribution in [0, 0.1) is 12.3 Å². The lowest BCUT2D eigenvalue weighted by atomic mass is 9.85. The van der Waals surface area contributed by atoms with Crippen molar-refractivity contribution >= 4 is 15.9 Å². The summed E-state index contributed by atoms with van der Waals surface area (Å²) in [7, 11) is 0. The summed E-state index contributed by atoms with van der Waals surface area (Å²) < 4.78 is 7.22. The highest BCUT2D eigenvalue weighted by Crippen LogP contribution is 2.32. The predicted molar refractivity (Wildman–Crippen MR) is 133 cm³/mol. The Balaban J connectivity index is 1.52. The van der Waals surface area contributed by atoms with Gasteiger partial charge in [-0.1, -0.05) is 69.4 Å². The van der Waals surface area contributed by atoms with Crippen molar-refractivity contribution in [1.82, 2.24) is 0 Å². The number of aryl methyl sites for hydroxylation is 1. The molecule has 0 saturated heterocycles. The molecule has 0 aliphatic heterocycles. The maximum Gasteiger partial charge on any atom is 0.133 e. The van der Waals surface area contributed by atoms with E-state index in [0.29, 0.717) is 0 Å². The third-order valence-electron chi connectivity index (χ3n) is 6.41. The minimum Gasteiger partial charge on any atom is -0.490 e. The molecule has 0 amide bonds. The first-order chi connectivity index (χ1) is 14.7. The second kappa shape index (κ2) is 12.5. The molecule has 1 atom stereocenters. The summed E-state index contributed by atoms with van der Waals surface area (Å²) in [6.07, 6.45) is 16.9. The molecule has 1 aliphatic rings.